The van der Waals surface area contributed by atoms with Gasteiger partial charge in [0.25, 0.3) is 0 Å². The van der Waals surface area contributed by atoms with Crippen LogP contribution in [0, 0.1) is 0 Å². The molecule has 0 amide bonds. The van der Waals surface area contributed by atoms with Gasteiger partial charge in [-0.15, -0.1) is 0 Å². The quantitative estimate of drug-likeness (QED) is 0.589. The molecule has 160 valence electrons. The van der Waals surface area contributed by atoms with Crippen LogP contribution in [0.2, 0.25) is 0 Å². The van der Waals surface area contributed by atoms with Crippen molar-refractivity contribution >= 4 is 5.82 Å². The molecule has 4 heteroatoms. The van der Waals surface area contributed by atoms with Crippen LogP contribution in [0.25, 0.3) is 0 Å². The van der Waals surface area contributed by atoms with Gasteiger partial charge < -0.3 is 14.9 Å². The number of hydrogen-bond acceptors (Lipinski definition) is 4. The molecule has 1 aromatic heterocycles. The van der Waals surface area contributed by atoms with E-state index in [2.05, 4.69) is 99.4 Å². The Balaban J connectivity index is 1.70. The fourth-order valence-electron chi connectivity index (χ4n) is 4.21. The van der Waals surface area contributed by atoms with E-state index in [-0.39, 0.29) is 10.8 Å². The number of pyridine rings is 1. The maximum Gasteiger partial charge on any atom is 0.134 e. The first-order valence-corrected chi connectivity index (χ1v) is 10.7. The molecule has 0 saturated heterocycles. The topological polar surface area (TPSA) is 39.6 Å². The zero-order valence-electron chi connectivity index (χ0n) is 19.0. The van der Waals surface area contributed by atoms with Crippen LogP contribution >= 0.6 is 0 Å². The number of aromatic nitrogens is 1. The molecule has 0 unspecified atom stereocenters. The average molecular weight is 414 g/mol. The molecular formula is C27H31N3O. The third-order valence-corrected chi connectivity index (χ3v) is 6.43. The van der Waals surface area contributed by atoms with Crippen LogP contribution in [-0.4, -0.2) is 28.7 Å². The molecule has 0 spiro atoms. The van der Waals surface area contributed by atoms with Gasteiger partial charge in [-0.25, -0.2) is 4.98 Å². The molecule has 2 heterocycles. The standard InChI is InChI=1S/C27H31N3O/c1-26(2,22-12-6-7-13-23(22)31)20-10-8-11-21(18-20)27(3,4)24-14-9-15-25(28-24)30-17-16-29(5)19-30/h6-18,31H,19H2,1-5H3. The van der Waals surface area contributed by atoms with E-state index >= 15 is 0 Å². The summed E-state index contributed by atoms with van der Waals surface area (Å²) in [6.07, 6.45) is 4.12. The Hall–Kier alpha value is -3.27. The summed E-state index contributed by atoms with van der Waals surface area (Å²) in [5, 5.41) is 10.4. The summed E-state index contributed by atoms with van der Waals surface area (Å²) in [7, 11) is 2.06. The van der Waals surface area contributed by atoms with Crippen molar-refractivity contribution in [2.75, 3.05) is 18.6 Å². The fraction of sp³-hybridized carbons (Fsp3) is 0.296. The number of rotatable bonds is 5. The van der Waals surface area contributed by atoms with Gasteiger partial charge >= 0.3 is 0 Å². The van der Waals surface area contributed by atoms with Gasteiger partial charge in [0.1, 0.15) is 11.6 Å². The lowest BCUT2D eigenvalue weighted by Gasteiger charge is -2.31. The van der Waals surface area contributed by atoms with Crippen molar-refractivity contribution in [3.05, 3.63) is 102 Å². The second kappa shape index (κ2) is 7.77. The van der Waals surface area contributed by atoms with Gasteiger partial charge in [-0.1, -0.05) is 76.2 Å². The van der Waals surface area contributed by atoms with E-state index in [9.17, 15) is 5.11 Å². The van der Waals surface area contributed by atoms with Crippen molar-refractivity contribution in [1.29, 1.82) is 0 Å². The van der Waals surface area contributed by atoms with Crippen molar-refractivity contribution < 1.29 is 5.11 Å². The summed E-state index contributed by atoms with van der Waals surface area (Å²) >= 11 is 0. The Morgan fingerprint density at radius 1 is 0.806 bits per heavy atom. The Kier molecular flexibility index (Phi) is 5.26. The molecule has 0 radical (unpaired) electrons. The van der Waals surface area contributed by atoms with Gasteiger partial charge in [-0.05, 0) is 29.3 Å². The molecule has 0 saturated carbocycles. The predicted molar refractivity (Wildman–Crippen MR) is 127 cm³/mol. The van der Waals surface area contributed by atoms with Crippen molar-refractivity contribution in [3.63, 3.8) is 0 Å². The third-order valence-electron chi connectivity index (χ3n) is 6.43. The first kappa shape index (κ1) is 21.0. The molecule has 0 fully saturated rings. The molecule has 0 bridgehead atoms. The van der Waals surface area contributed by atoms with E-state index in [0.717, 1.165) is 23.7 Å². The van der Waals surface area contributed by atoms with Gasteiger partial charge in [0.15, 0.2) is 0 Å². The Morgan fingerprint density at radius 3 is 2.16 bits per heavy atom. The highest BCUT2D eigenvalue weighted by molar-refractivity contribution is 5.49. The average Bonchev–Trinajstić information content (AvgIpc) is 3.20. The normalized spacial score (nSPS) is 14.4. The highest BCUT2D eigenvalue weighted by Crippen LogP contribution is 2.39. The highest BCUT2D eigenvalue weighted by atomic mass is 16.3. The number of aromatic hydroxyl groups is 1. The van der Waals surface area contributed by atoms with Crippen LogP contribution in [0.4, 0.5) is 5.82 Å². The van der Waals surface area contributed by atoms with Crippen LogP contribution in [0.3, 0.4) is 0 Å². The zero-order valence-corrected chi connectivity index (χ0v) is 19.0. The minimum absolute atomic E-state index is 0.268. The van der Waals surface area contributed by atoms with Crippen molar-refractivity contribution in [2.45, 2.75) is 38.5 Å². The van der Waals surface area contributed by atoms with E-state index in [1.165, 1.54) is 11.1 Å². The lowest BCUT2D eigenvalue weighted by Crippen LogP contribution is -2.26. The summed E-state index contributed by atoms with van der Waals surface area (Å²) in [5.74, 6) is 1.28. The molecule has 1 N–H and O–H groups in total. The van der Waals surface area contributed by atoms with E-state index in [4.69, 9.17) is 4.98 Å². The van der Waals surface area contributed by atoms with E-state index in [0.29, 0.717) is 5.75 Å². The van der Waals surface area contributed by atoms with Gasteiger partial charge in [0.2, 0.25) is 0 Å². The van der Waals surface area contributed by atoms with Crippen molar-refractivity contribution in [1.82, 2.24) is 9.88 Å². The van der Waals surface area contributed by atoms with Gasteiger partial charge in [-0.2, -0.15) is 0 Å². The Morgan fingerprint density at radius 2 is 1.48 bits per heavy atom. The molecule has 1 aliphatic rings. The molecule has 4 nitrogen and oxygen atoms in total. The van der Waals surface area contributed by atoms with Crippen molar-refractivity contribution in [3.8, 4) is 5.75 Å². The minimum Gasteiger partial charge on any atom is -0.508 e. The van der Waals surface area contributed by atoms with Crippen LogP contribution in [-0.2, 0) is 10.8 Å². The summed E-state index contributed by atoms with van der Waals surface area (Å²) in [6.45, 7) is 9.56. The maximum absolute atomic E-state index is 10.4. The number of phenols is 1. The van der Waals surface area contributed by atoms with E-state index < -0.39 is 0 Å². The fourth-order valence-corrected chi connectivity index (χ4v) is 4.21. The smallest absolute Gasteiger partial charge is 0.134 e. The lowest BCUT2D eigenvalue weighted by atomic mass is 9.74. The first-order valence-electron chi connectivity index (χ1n) is 10.7. The summed E-state index contributed by atoms with van der Waals surface area (Å²) in [4.78, 5) is 9.29. The largest absolute Gasteiger partial charge is 0.508 e. The summed E-state index contributed by atoms with van der Waals surface area (Å²) in [5.41, 5.74) is 3.74. The molecule has 0 atom stereocenters. The highest BCUT2D eigenvalue weighted by Gasteiger charge is 2.30. The first-order chi connectivity index (χ1) is 14.7. The second-order valence-electron chi connectivity index (χ2n) is 9.40. The van der Waals surface area contributed by atoms with Crippen LogP contribution in [0.1, 0.15) is 50.1 Å². The molecular weight excluding hydrogens is 382 g/mol. The molecule has 31 heavy (non-hydrogen) atoms. The van der Waals surface area contributed by atoms with E-state index in [1.54, 1.807) is 6.07 Å². The van der Waals surface area contributed by atoms with Crippen molar-refractivity contribution in [2.24, 2.45) is 0 Å². The second-order valence-corrected chi connectivity index (χ2v) is 9.40. The predicted octanol–water partition coefficient (Wildman–Crippen LogP) is 5.62. The third kappa shape index (κ3) is 3.90. The number of phenolic OH excluding ortho intramolecular Hbond substituents is 1. The Bertz CT molecular complexity index is 1120. The van der Waals surface area contributed by atoms with Crippen LogP contribution in [0.15, 0.2) is 79.1 Å². The van der Waals surface area contributed by atoms with Crippen LogP contribution in [0.5, 0.6) is 5.75 Å². The van der Waals surface area contributed by atoms with Gasteiger partial charge in [-0.3, -0.25) is 0 Å². The van der Waals surface area contributed by atoms with Gasteiger partial charge in [0.05, 0.1) is 12.4 Å². The number of nitrogens with zero attached hydrogens (tertiary/aromatic N) is 3. The SMILES string of the molecule is CN1C=CN(c2cccc(C(C)(C)c3cccc(C(C)(C)c4ccccc4O)c3)n2)C1. The summed E-state index contributed by atoms with van der Waals surface area (Å²) < 4.78 is 0. The number of hydrogen-bond donors (Lipinski definition) is 1. The molecule has 0 aliphatic carbocycles. The maximum atomic E-state index is 10.4. The molecule has 1 aliphatic heterocycles. The number of anilines is 1. The molecule has 3 aromatic rings. The monoisotopic (exact) mass is 413 g/mol. The van der Waals surface area contributed by atoms with Crippen LogP contribution < -0.4 is 4.90 Å². The summed E-state index contributed by atoms with van der Waals surface area (Å²) in [6, 6.07) is 22.5. The van der Waals surface area contributed by atoms with E-state index in [1.807, 2.05) is 18.2 Å². The number of para-hydroxylation sites is 1. The van der Waals surface area contributed by atoms with Gasteiger partial charge in [0, 0.05) is 35.8 Å². The minimum atomic E-state index is -0.322. The lowest BCUT2D eigenvalue weighted by molar-refractivity contribution is 0.453. The molecule has 2 aromatic carbocycles. The molecule has 4 rings (SSSR count). The number of benzene rings is 2. The zero-order chi connectivity index (χ0) is 22.2. The Labute approximate surface area is 185 Å².